The van der Waals surface area contributed by atoms with Gasteiger partial charge in [0.15, 0.2) is 0 Å². The van der Waals surface area contributed by atoms with Crippen LogP contribution in [-0.4, -0.2) is 16.2 Å². The molecule has 1 atom stereocenters. The molecule has 2 rings (SSSR count). The molecule has 0 saturated heterocycles. The summed E-state index contributed by atoms with van der Waals surface area (Å²) in [6.07, 6.45) is 4.15. The second-order valence-corrected chi connectivity index (χ2v) is 4.39. The number of alkyl halides is 2. The third kappa shape index (κ3) is 3.54. The number of aromatic nitrogens is 2. The van der Waals surface area contributed by atoms with Crippen LogP contribution >= 0.6 is 0 Å². The van der Waals surface area contributed by atoms with Crippen LogP contribution in [0.3, 0.4) is 0 Å². The van der Waals surface area contributed by atoms with Gasteiger partial charge in [0.05, 0.1) is 0 Å². The minimum atomic E-state index is -2.83. The monoisotopic (exact) mass is 281 g/mol. The maximum absolute atomic E-state index is 12.2. The van der Waals surface area contributed by atoms with Crippen molar-refractivity contribution in [2.24, 2.45) is 5.73 Å². The summed E-state index contributed by atoms with van der Waals surface area (Å²) >= 11 is 0. The molecule has 0 aliphatic heterocycles. The molecule has 0 bridgehead atoms. The molecule has 0 fully saturated rings. The largest absolute Gasteiger partial charge is 0.435 e. The molecule has 1 heterocycles. The average Bonchev–Trinajstić information content (AvgIpc) is 2.85. The fraction of sp³-hybridized carbons (Fsp3) is 0.357. The Morgan fingerprint density at radius 1 is 1.40 bits per heavy atom. The number of hydrogen-bond donors (Lipinski definition) is 1. The average molecular weight is 281 g/mol. The number of hydrogen-bond acceptors (Lipinski definition) is 3. The maximum atomic E-state index is 12.2. The maximum Gasteiger partial charge on any atom is 0.387 e. The first-order chi connectivity index (χ1) is 9.60. The molecular weight excluding hydrogens is 264 g/mol. The van der Waals surface area contributed by atoms with Crippen LogP contribution in [0.4, 0.5) is 8.78 Å². The zero-order valence-electron chi connectivity index (χ0n) is 11.2. The van der Waals surface area contributed by atoms with Gasteiger partial charge in [0.2, 0.25) is 0 Å². The van der Waals surface area contributed by atoms with Gasteiger partial charge in [-0.15, -0.1) is 0 Å². The first-order valence-electron chi connectivity index (χ1n) is 6.40. The Labute approximate surface area is 116 Å². The number of nitrogens with zero attached hydrogens (tertiary/aromatic N) is 2. The van der Waals surface area contributed by atoms with Gasteiger partial charge in [-0.3, -0.25) is 0 Å². The molecule has 6 heteroatoms. The van der Waals surface area contributed by atoms with Crippen molar-refractivity contribution in [3.05, 3.63) is 48.0 Å². The van der Waals surface area contributed by atoms with Crippen LogP contribution in [0.25, 0.3) is 0 Å². The van der Waals surface area contributed by atoms with E-state index in [1.54, 1.807) is 18.3 Å². The highest BCUT2D eigenvalue weighted by atomic mass is 19.3. The standard InChI is InChI=1S/C14H17F2N3O/c1-2-19-7-6-18-13(19)9-12(17)10-4-3-5-11(8-10)20-14(15)16/h3-8,12,14H,2,9,17H2,1H3. The molecule has 0 aliphatic carbocycles. The molecule has 0 radical (unpaired) electrons. The van der Waals surface area contributed by atoms with Gasteiger partial charge in [-0.2, -0.15) is 8.78 Å². The number of rotatable bonds is 6. The van der Waals surface area contributed by atoms with Gasteiger partial charge in [-0.05, 0) is 24.6 Å². The summed E-state index contributed by atoms with van der Waals surface area (Å²) in [5, 5.41) is 0. The first kappa shape index (κ1) is 14.5. The second kappa shape index (κ2) is 6.47. The van der Waals surface area contributed by atoms with E-state index in [9.17, 15) is 8.78 Å². The number of nitrogens with two attached hydrogens (primary N) is 1. The van der Waals surface area contributed by atoms with Crippen LogP contribution in [0.1, 0.15) is 24.4 Å². The Morgan fingerprint density at radius 3 is 2.90 bits per heavy atom. The number of halogens is 2. The van der Waals surface area contributed by atoms with Crippen LogP contribution in [0, 0.1) is 0 Å². The van der Waals surface area contributed by atoms with E-state index < -0.39 is 6.61 Å². The van der Waals surface area contributed by atoms with Gasteiger partial charge in [0.1, 0.15) is 11.6 Å². The lowest BCUT2D eigenvalue weighted by Crippen LogP contribution is -2.16. The summed E-state index contributed by atoms with van der Waals surface area (Å²) in [7, 11) is 0. The molecule has 2 N–H and O–H groups in total. The highest BCUT2D eigenvalue weighted by molar-refractivity contribution is 5.31. The van der Waals surface area contributed by atoms with Crippen molar-refractivity contribution < 1.29 is 13.5 Å². The van der Waals surface area contributed by atoms with Gasteiger partial charge in [0, 0.05) is 31.4 Å². The van der Waals surface area contributed by atoms with Gasteiger partial charge in [-0.25, -0.2) is 4.98 Å². The number of imidazole rings is 1. The topological polar surface area (TPSA) is 53.1 Å². The first-order valence-corrected chi connectivity index (χ1v) is 6.40. The molecule has 108 valence electrons. The van der Waals surface area contributed by atoms with Crippen molar-refractivity contribution in [2.45, 2.75) is 32.5 Å². The lowest BCUT2D eigenvalue weighted by molar-refractivity contribution is -0.0499. The van der Waals surface area contributed by atoms with Crippen LogP contribution in [0.5, 0.6) is 5.75 Å². The summed E-state index contributed by atoms with van der Waals surface area (Å²) < 4.78 is 30.8. The third-order valence-electron chi connectivity index (χ3n) is 3.06. The quantitative estimate of drug-likeness (QED) is 0.885. The molecule has 4 nitrogen and oxygen atoms in total. The van der Waals surface area contributed by atoms with Crippen LogP contribution in [0.15, 0.2) is 36.7 Å². The fourth-order valence-corrected chi connectivity index (χ4v) is 2.05. The molecule has 20 heavy (non-hydrogen) atoms. The van der Waals surface area contributed by atoms with E-state index in [2.05, 4.69) is 9.72 Å². The molecule has 0 saturated carbocycles. The van der Waals surface area contributed by atoms with Crippen molar-refractivity contribution in [1.29, 1.82) is 0 Å². The van der Waals surface area contributed by atoms with Crippen LogP contribution in [-0.2, 0) is 13.0 Å². The molecular formula is C14H17F2N3O. The zero-order chi connectivity index (χ0) is 14.5. The van der Waals surface area contributed by atoms with Crippen molar-refractivity contribution in [3.63, 3.8) is 0 Å². The number of benzene rings is 1. The van der Waals surface area contributed by atoms with E-state index in [0.717, 1.165) is 17.9 Å². The summed E-state index contributed by atoms with van der Waals surface area (Å²) in [4.78, 5) is 4.26. The summed E-state index contributed by atoms with van der Waals surface area (Å²) in [6, 6.07) is 6.15. The smallest absolute Gasteiger partial charge is 0.387 e. The molecule has 1 unspecified atom stereocenters. The van der Waals surface area contributed by atoms with Gasteiger partial charge in [0.25, 0.3) is 0 Å². The zero-order valence-corrected chi connectivity index (χ0v) is 11.2. The number of ether oxygens (including phenoxy) is 1. The fourth-order valence-electron chi connectivity index (χ4n) is 2.05. The van der Waals surface area contributed by atoms with E-state index in [0.29, 0.717) is 6.42 Å². The minimum absolute atomic E-state index is 0.117. The van der Waals surface area contributed by atoms with E-state index in [1.165, 1.54) is 12.1 Å². The van der Waals surface area contributed by atoms with Crippen molar-refractivity contribution >= 4 is 0 Å². The SMILES string of the molecule is CCn1ccnc1CC(N)c1cccc(OC(F)F)c1. The Balaban J connectivity index is 2.10. The van der Waals surface area contributed by atoms with Crippen molar-refractivity contribution in [1.82, 2.24) is 9.55 Å². The van der Waals surface area contributed by atoms with Gasteiger partial charge in [-0.1, -0.05) is 12.1 Å². The van der Waals surface area contributed by atoms with Crippen molar-refractivity contribution in [3.8, 4) is 5.75 Å². The van der Waals surface area contributed by atoms with Gasteiger partial charge >= 0.3 is 6.61 Å². The Kier molecular flexibility index (Phi) is 4.68. The minimum Gasteiger partial charge on any atom is -0.435 e. The third-order valence-corrected chi connectivity index (χ3v) is 3.06. The lowest BCUT2D eigenvalue weighted by Gasteiger charge is -2.14. The van der Waals surface area contributed by atoms with E-state index in [4.69, 9.17) is 5.73 Å². The molecule has 0 amide bonds. The Hall–Kier alpha value is -1.95. The molecule has 0 spiro atoms. The van der Waals surface area contributed by atoms with Crippen molar-refractivity contribution in [2.75, 3.05) is 0 Å². The molecule has 1 aromatic carbocycles. The summed E-state index contributed by atoms with van der Waals surface area (Å²) in [6.45, 7) is 0.00478. The number of aryl methyl sites for hydroxylation is 1. The summed E-state index contributed by atoms with van der Waals surface area (Å²) in [5.41, 5.74) is 6.86. The summed E-state index contributed by atoms with van der Waals surface area (Å²) in [5.74, 6) is 0.993. The molecule has 2 aromatic rings. The van der Waals surface area contributed by atoms with E-state index >= 15 is 0 Å². The predicted molar refractivity (Wildman–Crippen MR) is 71.6 cm³/mol. The Bertz CT molecular complexity index is 557. The predicted octanol–water partition coefficient (Wildman–Crippen LogP) is 2.75. The second-order valence-electron chi connectivity index (χ2n) is 4.39. The van der Waals surface area contributed by atoms with Crippen LogP contribution < -0.4 is 10.5 Å². The highest BCUT2D eigenvalue weighted by Crippen LogP contribution is 2.21. The molecule has 1 aromatic heterocycles. The van der Waals surface area contributed by atoms with Crippen LogP contribution in [0.2, 0.25) is 0 Å². The molecule has 0 aliphatic rings. The highest BCUT2D eigenvalue weighted by Gasteiger charge is 2.12. The van der Waals surface area contributed by atoms with Gasteiger partial charge < -0.3 is 15.0 Å². The lowest BCUT2D eigenvalue weighted by atomic mass is 10.0. The van der Waals surface area contributed by atoms with E-state index in [-0.39, 0.29) is 11.8 Å². The normalized spacial score (nSPS) is 12.7. The van der Waals surface area contributed by atoms with E-state index in [1.807, 2.05) is 17.7 Å². The Morgan fingerprint density at radius 2 is 2.20 bits per heavy atom.